The third kappa shape index (κ3) is 3.61. The number of thioether (sulfide) groups is 1. The van der Waals surface area contributed by atoms with Crippen LogP contribution in [-0.2, 0) is 4.79 Å². The molecule has 0 heterocycles. The Morgan fingerprint density at radius 3 is 2.45 bits per heavy atom. The number of nitrogens with two attached hydrogens (primary N) is 1. The number of hydrogen-bond acceptors (Lipinski definition) is 2. The van der Waals surface area contributed by atoms with Gasteiger partial charge in [-0.25, -0.2) is 4.39 Å². The standard InChI is InChI=1S/C16H16FNOS/c1-11(20-10-16(18)19)12-6-8-13(9-7-12)14-4-2-3-5-15(14)17/h2-9,11H,10H2,1H3,(H2,18,19). The molecular weight excluding hydrogens is 273 g/mol. The number of amides is 1. The van der Waals surface area contributed by atoms with Crippen molar-refractivity contribution in [2.24, 2.45) is 5.73 Å². The van der Waals surface area contributed by atoms with Gasteiger partial charge in [0, 0.05) is 10.8 Å². The van der Waals surface area contributed by atoms with Crippen LogP contribution in [-0.4, -0.2) is 11.7 Å². The van der Waals surface area contributed by atoms with E-state index in [2.05, 4.69) is 0 Å². The molecule has 1 unspecified atom stereocenters. The monoisotopic (exact) mass is 289 g/mol. The maximum Gasteiger partial charge on any atom is 0.227 e. The molecule has 0 bridgehead atoms. The fraction of sp³-hybridized carbons (Fsp3) is 0.188. The molecule has 2 N–H and O–H groups in total. The van der Waals surface area contributed by atoms with Gasteiger partial charge in [-0.05, 0) is 24.1 Å². The smallest absolute Gasteiger partial charge is 0.227 e. The highest BCUT2D eigenvalue weighted by molar-refractivity contribution is 8.00. The van der Waals surface area contributed by atoms with E-state index in [0.717, 1.165) is 11.1 Å². The number of primary amides is 1. The summed E-state index contributed by atoms with van der Waals surface area (Å²) in [6.07, 6.45) is 0. The minimum Gasteiger partial charge on any atom is -0.369 e. The van der Waals surface area contributed by atoms with E-state index in [9.17, 15) is 9.18 Å². The lowest BCUT2D eigenvalue weighted by atomic mass is 10.0. The van der Waals surface area contributed by atoms with Crippen molar-refractivity contribution in [1.29, 1.82) is 0 Å². The normalized spacial score (nSPS) is 12.1. The molecule has 2 aromatic carbocycles. The Kier molecular flexibility index (Phi) is 4.79. The van der Waals surface area contributed by atoms with Crippen LogP contribution in [0.2, 0.25) is 0 Å². The van der Waals surface area contributed by atoms with Gasteiger partial charge in [0.05, 0.1) is 5.75 Å². The summed E-state index contributed by atoms with van der Waals surface area (Å²) in [5.41, 5.74) is 7.67. The fourth-order valence-corrected chi connectivity index (χ4v) is 2.70. The first kappa shape index (κ1) is 14.6. The van der Waals surface area contributed by atoms with Crippen LogP contribution in [0.25, 0.3) is 11.1 Å². The first-order chi connectivity index (χ1) is 9.58. The molecule has 2 nitrogen and oxygen atoms in total. The van der Waals surface area contributed by atoms with Crippen LogP contribution < -0.4 is 5.73 Å². The molecule has 0 fully saturated rings. The minimum atomic E-state index is -0.315. The van der Waals surface area contributed by atoms with Crippen molar-refractivity contribution in [3.8, 4) is 11.1 Å². The van der Waals surface area contributed by atoms with Crippen molar-refractivity contribution in [1.82, 2.24) is 0 Å². The van der Waals surface area contributed by atoms with Gasteiger partial charge in [0.1, 0.15) is 5.82 Å². The van der Waals surface area contributed by atoms with Gasteiger partial charge in [-0.1, -0.05) is 42.5 Å². The quantitative estimate of drug-likeness (QED) is 0.910. The Bertz CT molecular complexity index is 598. The molecule has 0 aromatic heterocycles. The summed E-state index contributed by atoms with van der Waals surface area (Å²) in [5.74, 6) is -0.239. The zero-order chi connectivity index (χ0) is 14.5. The van der Waals surface area contributed by atoms with Crippen LogP contribution in [0.1, 0.15) is 17.7 Å². The third-order valence-electron chi connectivity index (χ3n) is 3.04. The Morgan fingerprint density at radius 2 is 1.85 bits per heavy atom. The van der Waals surface area contributed by atoms with Crippen LogP contribution in [0, 0.1) is 5.82 Å². The van der Waals surface area contributed by atoms with Gasteiger partial charge in [0.25, 0.3) is 0 Å². The molecule has 1 amide bonds. The average molecular weight is 289 g/mol. The largest absolute Gasteiger partial charge is 0.369 e. The summed E-state index contributed by atoms with van der Waals surface area (Å²) in [7, 11) is 0. The Morgan fingerprint density at radius 1 is 1.20 bits per heavy atom. The van der Waals surface area contributed by atoms with Crippen LogP contribution in [0.15, 0.2) is 48.5 Å². The van der Waals surface area contributed by atoms with E-state index in [1.807, 2.05) is 37.3 Å². The summed E-state index contributed by atoms with van der Waals surface area (Å²) < 4.78 is 13.7. The first-order valence-corrected chi connectivity index (χ1v) is 7.37. The van der Waals surface area contributed by atoms with Crippen LogP contribution in [0.4, 0.5) is 4.39 Å². The number of carbonyl (C=O) groups is 1. The van der Waals surface area contributed by atoms with E-state index in [4.69, 9.17) is 5.73 Å². The van der Waals surface area contributed by atoms with Crippen molar-refractivity contribution in [3.05, 3.63) is 59.9 Å². The summed E-state index contributed by atoms with van der Waals surface area (Å²) in [5, 5.41) is 0.178. The van der Waals surface area contributed by atoms with Crippen molar-refractivity contribution in [3.63, 3.8) is 0 Å². The van der Waals surface area contributed by atoms with Gasteiger partial charge in [-0.15, -0.1) is 11.8 Å². The van der Waals surface area contributed by atoms with E-state index < -0.39 is 0 Å². The number of halogens is 1. The van der Waals surface area contributed by atoms with Crippen molar-refractivity contribution >= 4 is 17.7 Å². The predicted molar refractivity (Wildman–Crippen MR) is 81.9 cm³/mol. The lowest BCUT2D eigenvalue weighted by Gasteiger charge is -2.11. The maximum absolute atomic E-state index is 13.7. The SMILES string of the molecule is CC(SCC(N)=O)c1ccc(-c2ccccc2F)cc1. The second-order valence-electron chi connectivity index (χ2n) is 4.52. The van der Waals surface area contributed by atoms with E-state index in [0.29, 0.717) is 11.3 Å². The molecule has 20 heavy (non-hydrogen) atoms. The molecule has 0 aliphatic rings. The molecule has 0 aliphatic heterocycles. The van der Waals surface area contributed by atoms with Crippen molar-refractivity contribution < 1.29 is 9.18 Å². The molecular formula is C16H16FNOS. The number of carbonyl (C=O) groups excluding carboxylic acids is 1. The van der Waals surface area contributed by atoms with E-state index in [1.165, 1.54) is 17.8 Å². The van der Waals surface area contributed by atoms with Crippen LogP contribution >= 0.6 is 11.8 Å². The van der Waals surface area contributed by atoms with E-state index >= 15 is 0 Å². The second-order valence-corrected chi connectivity index (χ2v) is 5.85. The van der Waals surface area contributed by atoms with Gasteiger partial charge >= 0.3 is 0 Å². The topological polar surface area (TPSA) is 43.1 Å². The lowest BCUT2D eigenvalue weighted by Crippen LogP contribution is -2.13. The molecule has 0 saturated heterocycles. The van der Waals surface area contributed by atoms with Gasteiger partial charge < -0.3 is 5.73 Å². The highest BCUT2D eigenvalue weighted by Gasteiger charge is 2.09. The summed E-state index contributed by atoms with van der Waals surface area (Å²) in [6, 6.07) is 14.4. The molecule has 0 saturated carbocycles. The average Bonchev–Trinajstić information content (AvgIpc) is 2.45. The Hall–Kier alpha value is -1.81. The summed E-state index contributed by atoms with van der Waals surface area (Å²) >= 11 is 1.49. The fourth-order valence-electron chi connectivity index (χ4n) is 1.93. The zero-order valence-corrected chi connectivity index (χ0v) is 12.0. The Balaban J connectivity index is 2.14. The molecule has 0 aliphatic carbocycles. The number of rotatable bonds is 5. The Labute approximate surface area is 122 Å². The second kappa shape index (κ2) is 6.57. The van der Waals surface area contributed by atoms with Crippen LogP contribution in [0.5, 0.6) is 0 Å². The minimum absolute atomic E-state index is 0.178. The molecule has 0 radical (unpaired) electrons. The molecule has 2 rings (SSSR count). The maximum atomic E-state index is 13.7. The molecule has 1 atom stereocenters. The molecule has 0 spiro atoms. The summed E-state index contributed by atoms with van der Waals surface area (Å²) in [4.78, 5) is 10.8. The van der Waals surface area contributed by atoms with E-state index in [-0.39, 0.29) is 17.0 Å². The number of hydrogen-bond donors (Lipinski definition) is 1. The van der Waals surface area contributed by atoms with Crippen LogP contribution in [0.3, 0.4) is 0 Å². The third-order valence-corrected chi connectivity index (χ3v) is 4.26. The van der Waals surface area contributed by atoms with Gasteiger partial charge in [0.15, 0.2) is 0 Å². The van der Waals surface area contributed by atoms with Gasteiger partial charge in [-0.3, -0.25) is 4.79 Å². The molecule has 2 aromatic rings. The molecule has 4 heteroatoms. The summed E-state index contributed by atoms with van der Waals surface area (Å²) in [6.45, 7) is 2.02. The lowest BCUT2D eigenvalue weighted by molar-refractivity contribution is -0.115. The van der Waals surface area contributed by atoms with Crippen molar-refractivity contribution in [2.45, 2.75) is 12.2 Å². The van der Waals surface area contributed by atoms with Gasteiger partial charge in [-0.2, -0.15) is 0 Å². The first-order valence-electron chi connectivity index (χ1n) is 6.32. The zero-order valence-electron chi connectivity index (χ0n) is 11.2. The van der Waals surface area contributed by atoms with E-state index in [1.54, 1.807) is 12.1 Å². The van der Waals surface area contributed by atoms with Crippen molar-refractivity contribution in [2.75, 3.05) is 5.75 Å². The number of benzene rings is 2. The highest BCUT2D eigenvalue weighted by atomic mass is 32.2. The highest BCUT2D eigenvalue weighted by Crippen LogP contribution is 2.30. The van der Waals surface area contributed by atoms with Gasteiger partial charge in [0.2, 0.25) is 5.91 Å². The predicted octanol–water partition coefficient (Wildman–Crippen LogP) is 3.77. The molecule has 104 valence electrons.